The molecule has 0 atom stereocenters. The van der Waals surface area contributed by atoms with Crippen LogP contribution < -0.4 is 0 Å². The Kier molecular flexibility index (Phi) is 11.1. The summed E-state index contributed by atoms with van der Waals surface area (Å²) in [4.78, 5) is 41.4. The Morgan fingerprint density at radius 2 is 1.25 bits per heavy atom. The van der Waals surface area contributed by atoms with Crippen molar-refractivity contribution in [1.29, 1.82) is 0 Å². The van der Waals surface area contributed by atoms with Gasteiger partial charge in [0.2, 0.25) is 0 Å². The summed E-state index contributed by atoms with van der Waals surface area (Å²) in [5.41, 5.74) is 2.31. The zero-order valence-corrected chi connectivity index (χ0v) is 15.9. The van der Waals surface area contributed by atoms with Crippen LogP contribution in [0.15, 0.2) is 4.52 Å². The molecule has 0 unspecified atom stereocenters. The molecule has 12 nitrogen and oxygen atoms in total. The zero-order chi connectivity index (χ0) is 21.9. The second kappa shape index (κ2) is 12.4. The molecule has 1 aliphatic heterocycles. The van der Waals surface area contributed by atoms with Crippen LogP contribution in [0.4, 0.5) is 0 Å². The Balaban J connectivity index is 0.000000505. The molecule has 0 bridgehead atoms. The van der Waals surface area contributed by atoms with E-state index in [0.717, 1.165) is 31.1 Å². The molecule has 2 heterocycles. The maximum Gasteiger partial charge on any atom is 0.414 e. The van der Waals surface area contributed by atoms with Gasteiger partial charge < -0.3 is 29.8 Å². The molecule has 28 heavy (non-hydrogen) atoms. The molecule has 0 radical (unpaired) electrons. The molecule has 1 aromatic rings. The number of aliphatic carboxylic acids is 4. The number of aromatic nitrogens is 1. The first kappa shape index (κ1) is 25.0. The van der Waals surface area contributed by atoms with Crippen LogP contribution >= 0.6 is 0 Å². The molecule has 2 rings (SSSR count). The second-order valence-corrected chi connectivity index (χ2v) is 5.73. The Morgan fingerprint density at radius 1 is 0.857 bits per heavy atom. The highest BCUT2D eigenvalue weighted by Crippen LogP contribution is 2.15. The van der Waals surface area contributed by atoms with Gasteiger partial charge in [-0.3, -0.25) is 4.90 Å². The van der Waals surface area contributed by atoms with E-state index >= 15 is 0 Å². The number of nitrogens with zero attached hydrogens (tertiary/aromatic N) is 3. The minimum Gasteiger partial charge on any atom is -0.473 e. The summed E-state index contributed by atoms with van der Waals surface area (Å²) in [6.45, 7) is 13.1. The van der Waals surface area contributed by atoms with Crippen LogP contribution in [0.25, 0.3) is 0 Å². The minimum absolute atomic E-state index is 0.968. The van der Waals surface area contributed by atoms with Gasteiger partial charge in [-0.2, -0.15) is 0 Å². The third kappa shape index (κ3) is 9.64. The summed E-state index contributed by atoms with van der Waals surface area (Å²) >= 11 is 0. The maximum absolute atomic E-state index is 9.10. The number of carboxylic acids is 4. The topological polar surface area (TPSA) is 182 Å². The van der Waals surface area contributed by atoms with E-state index in [1.807, 2.05) is 13.8 Å². The molecule has 1 saturated heterocycles. The summed E-state index contributed by atoms with van der Waals surface area (Å²) in [7, 11) is 0. The summed E-state index contributed by atoms with van der Waals surface area (Å²) in [5.74, 6) is -6.33. The molecule has 0 amide bonds. The number of hydrogen-bond donors (Lipinski definition) is 4. The van der Waals surface area contributed by atoms with Crippen molar-refractivity contribution in [3.8, 4) is 0 Å². The van der Waals surface area contributed by atoms with Crippen LogP contribution in [0.2, 0.25) is 0 Å². The van der Waals surface area contributed by atoms with Crippen molar-refractivity contribution in [2.75, 3.05) is 32.7 Å². The van der Waals surface area contributed by atoms with Gasteiger partial charge in [-0.1, -0.05) is 12.1 Å². The lowest BCUT2D eigenvalue weighted by atomic mass is 10.2. The molecule has 0 spiro atoms. The van der Waals surface area contributed by atoms with Crippen molar-refractivity contribution < 1.29 is 44.1 Å². The minimum atomic E-state index is -1.82. The lowest BCUT2D eigenvalue weighted by molar-refractivity contribution is -0.159. The highest BCUT2D eigenvalue weighted by atomic mass is 16.5. The van der Waals surface area contributed by atoms with E-state index in [2.05, 4.69) is 21.9 Å². The largest absolute Gasteiger partial charge is 0.473 e. The van der Waals surface area contributed by atoms with Crippen LogP contribution in [0.1, 0.15) is 23.9 Å². The van der Waals surface area contributed by atoms with E-state index in [1.54, 1.807) is 0 Å². The Hall–Kier alpha value is -2.99. The molecule has 0 aromatic carbocycles. The van der Waals surface area contributed by atoms with Gasteiger partial charge in [-0.25, -0.2) is 19.2 Å². The van der Waals surface area contributed by atoms with E-state index in [0.29, 0.717) is 0 Å². The van der Waals surface area contributed by atoms with Gasteiger partial charge in [0.25, 0.3) is 0 Å². The molecular weight excluding hydrogens is 378 g/mol. The Bertz CT molecular complexity index is 611. The fourth-order valence-electron chi connectivity index (χ4n) is 2.21. The first-order valence-corrected chi connectivity index (χ1v) is 8.28. The van der Waals surface area contributed by atoms with E-state index in [-0.39, 0.29) is 0 Å². The average Bonchev–Trinajstić information content (AvgIpc) is 2.95. The quantitative estimate of drug-likeness (QED) is 0.486. The smallest absolute Gasteiger partial charge is 0.414 e. The van der Waals surface area contributed by atoms with Gasteiger partial charge in [0, 0.05) is 38.3 Å². The van der Waals surface area contributed by atoms with Crippen molar-refractivity contribution in [1.82, 2.24) is 15.0 Å². The lowest BCUT2D eigenvalue weighted by Crippen LogP contribution is -2.45. The second-order valence-electron chi connectivity index (χ2n) is 5.73. The molecule has 1 fully saturated rings. The number of likely N-dealkylation sites (N-methyl/N-ethyl adjacent to an activating group) is 1. The first-order chi connectivity index (χ1) is 13.0. The van der Waals surface area contributed by atoms with Gasteiger partial charge in [0.1, 0.15) is 5.76 Å². The number of carbonyl (C=O) groups is 4. The molecule has 1 aromatic heterocycles. The molecule has 0 saturated carbocycles. The normalized spacial score (nSPS) is 14.1. The fraction of sp³-hybridized carbons (Fsp3) is 0.562. The average molecular weight is 403 g/mol. The highest BCUT2D eigenvalue weighted by molar-refractivity contribution is 6.27. The highest BCUT2D eigenvalue weighted by Gasteiger charge is 2.18. The van der Waals surface area contributed by atoms with Gasteiger partial charge in [-0.05, 0) is 20.4 Å². The SMILES string of the molecule is CCN1CCN(Cc2c(C)noc2C)CC1.O=C(O)C(=O)O.O=C(O)C(=O)O. The first-order valence-electron chi connectivity index (χ1n) is 8.28. The van der Waals surface area contributed by atoms with Crippen molar-refractivity contribution in [2.45, 2.75) is 27.3 Å². The van der Waals surface area contributed by atoms with Crippen LogP contribution in [0.5, 0.6) is 0 Å². The van der Waals surface area contributed by atoms with Gasteiger partial charge in [0.15, 0.2) is 0 Å². The van der Waals surface area contributed by atoms with Gasteiger partial charge in [-0.15, -0.1) is 0 Å². The molecule has 158 valence electrons. The van der Waals surface area contributed by atoms with Crippen LogP contribution in [0, 0.1) is 13.8 Å². The van der Waals surface area contributed by atoms with E-state index in [1.165, 1.54) is 25.2 Å². The van der Waals surface area contributed by atoms with Crippen molar-refractivity contribution in [2.24, 2.45) is 0 Å². The molecular formula is C16H25N3O9. The maximum atomic E-state index is 9.10. The lowest BCUT2D eigenvalue weighted by Gasteiger charge is -2.33. The summed E-state index contributed by atoms with van der Waals surface area (Å²) < 4.78 is 5.19. The van der Waals surface area contributed by atoms with Crippen LogP contribution in [-0.4, -0.2) is 92.0 Å². The predicted octanol–water partition coefficient (Wildman–Crippen LogP) is -0.260. The van der Waals surface area contributed by atoms with Gasteiger partial charge in [0.05, 0.1) is 5.69 Å². The third-order valence-electron chi connectivity index (χ3n) is 3.84. The zero-order valence-electron chi connectivity index (χ0n) is 15.9. The summed E-state index contributed by atoms with van der Waals surface area (Å²) in [6, 6.07) is 0. The monoisotopic (exact) mass is 403 g/mol. The molecule has 1 aliphatic rings. The molecule has 12 heteroatoms. The third-order valence-corrected chi connectivity index (χ3v) is 3.84. The van der Waals surface area contributed by atoms with Crippen molar-refractivity contribution in [3.63, 3.8) is 0 Å². The van der Waals surface area contributed by atoms with E-state index < -0.39 is 23.9 Å². The molecule has 0 aliphatic carbocycles. The predicted molar refractivity (Wildman–Crippen MR) is 93.9 cm³/mol. The Labute approximate surface area is 160 Å². The van der Waals surface area contributed by atoms with Crippen LogP contribution in [0.3, 0.4) is 0 Å². The number of rotatable bonds is 3. The number of hydrogen-bond acceptors (Lipinski definition) is 8. The summed E-state index contributed by atoms with van der Waals surface area (Å²) in [6.07, 6.45) is 0. The van der Waals surface area contributed by atoms with E-state index in [4.69, 9.17) is 44.1 Å². The number of aryl methyl sites for hydroxylation is 2. The van der Waals surface area contributed by atoms with Crippen molar-refractivity contribution in [3.05, 3.63) is 17.0 Å². The standard InChI is InChI=1S/C12H21N3O.2C2H2O4/c1-4-14-5-7-15(8-6-14)9-12-10(2)13-16-11(12)3;2*3-1(4)2(5)6/h4-9H2,1-3H3;2*(H,3,4)(H,5,6). The van der Waals surface area contributed by atoms with Crippen molar-refractivity contribution >= 4 is 23.9 Å². The van der Waals surface area contributed by atoms with Gasteiger partial charge >= 0.3 is 23.9 Å². The fourth-order valence-corrected chi connectivity index (χ4v) is 2.21. The number of carboxylic acid groups (broad SMARTS) is 4. The Morgan fingerprint density at radius 3 is 1.54 bits per heavy atom. The molecule has 4 N–H and O–H groups in total. The van der Waals surface area contributed by atoms with E-state index in [9.17, 15) is 0 Å². The summed E-state index contributed by atoms with van der Waals surface area (Å²) in [5, 5.41) is 33.6. The number of piperazine rings is 1. The van der Waals surface area contributed by atoms with Crippen LogP contribution in [-0.2, 0) is 25.7 Å².